The molecule has 2 rings (SSSR count). The molecular weight excluding hydrogens is 239 g/mol. The maximum absolute atomic E-state index is 6.10. The van der Waals surface area contributed by atoms with Crippen LogP contribution >= 0.6 is 0 Å². The number of hydrogen-bond acceptors (Lipinski definition) is 4. The Morgan fingerprint density at radius 1 is 1.16 bits per heavy atom. The summed E-state index contributed by atoms with van der Waals surface area (Å²) in [6.07, 6.45) is 3.73. The van der Waals surface area contributed by atoms with Gasteiger partial charge in [-0.3, -0.25) is 4.98 Å². The van der Waals surface area contributed by atoms with Gasteiger partial charge in [-0.25, -0.2) is 0 Å². The summed E-state index contributed by atoms with van der Waals surface area (Å²) in [5.74, 6) is 0. The second-order valence-corrected chi connectivity index (χ2v) is 6.14. The van der Waals surface area contributed by atoms with Crippen LogP contribution in [0.25, 0.3) is 0 Å². The monoisotopic (exact) mass is 262 g/mol. The van der Waals surface area contributed by atoms with Crippen LogP contribution in [-0.4, -0.2) is 30.4 Å². The summed E-state index contributed by atoms with van der Waals surface area (Å²) >= 11 is 0. The molecule has 4 nitrogen and oxygen atoms in total. The summed E-state index contributed by atoms with van der Waals surface area (Å²) in [5.41, 5.74) is 2.74. The van der Waals surface area contributed by atoms with Crippen molar-refractivity contribution < 1.29 is 9.31 Å². The molecule has 1 saturated heterocycles. The number of rotatable bonds is 3. The first kappa shape index (κ1) is 14.5. The van der Waals surface area contributed by atoms with E-state index >= 15 is 0 Å². The average Bonchev–Trinajstić information content (AvgIpc) is 2.51. The van der Waals surface area contributed by atoms with E-state index in [1.54, 1.807) is 0 Å². The molecule has 1 aromatic rings. The second-order valence-electron chi connectivity index (χ2n) is 6.14. The normalized spacial score (nSPS) is 20.8. The average molecular weight is 262 g/mol. The van der Waals surface area contributed by atoms with Crippen LogP contribution in [0.3, 0.4) is 0 Å². The Bertz CT molecular complexity index is 459. The van der Waals surface area contributed by atoms with Gasteiger partial charge in [-0.1, -0.05) is 0 Å². The maximum Gasteiger partial charge on any atom is 0.496 e. The number of pyridine rings is 1. The molecule has 1 N–H and O–H groups in total. The lowest BCUT2D eigenvalue weighted by atomic mass is 9.76. The summed E-state index contributed by atoms with van der Waals surface area (Å²) in [7, 11) is 1.59. The lowest BCUT2D eigenvalue weighted by Gasteiger charge is -2.32. The maximum atomic E-state index is 6.10. The molecule has 19 heavy (non-hydrogen) atoms. The molecule has 0 aliphatic carbocycles. The zero-order chi connectivity index (χ0) is 14.3. The number of hydrogen-bond donors (Lipinski definition) is 1. The van der Waals surface area contributed by atoms with Gasteiger partial charge in [0.1, 0.15) is 0 Å². The van der Waals surface area contributed by atoms with Gasteiger partial charge < -0.3 is 14.6 Å². The van der Waals surface area contributed by atoms with Crippen molar-refractivity contribution in [3.05, 3.63) is 23.5 Å². The van der Waals surface area contributed by atoms with E-state index in [1.807, 2.05) is 19.4 Å². The van der Waals surface area contributed by atoms with E-state index in [0.717, 1.165) is 17.6 Å². The van der Waals surface area contributed by atoms with Gasteiger partial charge in [-0.15, -0.1) is 0 Å². The molecule has 104 valence electrons. The van der Waals surface area contributed by atoms with E-state index in [9.17, 15) is 0 Å². The van der Waals surface area contributed by atoms with Crippen molar-refractivity contribution in [3.8, 4) is 0 Å². The van der Waals surface area contributed by atoms with Crippen LogP contribution in [0.1, 0.15) is 38.8 Å². The summed E-state index contributed by atoms with van der Waals surface area (Å²) in [5, 5.41) is 3.19. The molecule has 0 radical (unpaired) electrons. The Balaban J connectivity index is 2.37. The Labute approximate surface area is 116 Å². The van der Waals surface area contributed by atoms with E-state index in [2.05, 4.69) is 44.9 Å². The lowest BCUT2D eigenvalue weighted by Crippen LogP contribution is -2.41. The largest absolute Gasteiger partial charge is 0.496 e. The highest BCUT2D eigenvalue weighted by atomic mass is 16.7. The van der Waals surface area contributed by atoms with Gasteiger partial charge in [-0.2, -0.15) is 0 Å². The van der Waals surface area contributed by atoms with Crippen LogP contribution < -0.4 is 10.8 Å². The van der Waals surface area contributed by atoms with E-state index in [1.165, 1.54) is 5.56 Å². The quantitative estimate of drug-likeness (QED) is 0.836. The van der Waals surface area contributed by atoms with Crippen molar-refractivity contribution in [2.45, 2.75) is 52.4 Å². The summed E-state index contributed by atoms with van der Waals surface area (Å²) in [4.78, 5) is 4.28. The molecule has 0 spiro atoms. The van der Waals surface area contributed by atoms with Crippen LogP contribution in [0.15, 0.2) is 12.4 Å². The molecule has 0 unspecified atom stereocenters. The lowest BCUT2D eigenvalue weighted by molar-refractivity contribution is 0.00578. The third-order valence-corrected chi connectivity index (χ3v) is 4.17. The predicted molar refractivity (Wildman–Crippen MR) is 77.5 cm³/mol. The first-order chi connectivity index (χ1) is 8.78. The molecule has 1 aromatic heterocycles. The molecule has 1 aliphatic rings. The minimum absolute atomic E-state index is 0.321. The smallest absolute Gasteiger partial charge is 0.399 e. The highest BCUT2D eigenvalue weighted by Gasteiger charge is 2.52. The minimum Gasteiger partial charge on any atom is -0.399 e. The van der Waals surface area contributed by atoms with Crippen LogP contribution in [-0.2, 0) is 15.9 Å². The number of aromatic nitrogens is 1. The first-order valence-corrected chi connectivity index (χ1v) is 6.72. The van der Waals surface area contributed by atoms with Gasteiger partial charge in [0.2, 0.25) is 0 Å². The molecular formula is C14H23BN2O2. The van der Waals surface area contributed by atoms with E-state index in [4.69, 9.17) is 9.31 Å². The molecule has 0 aromatic carbocycles. The number of nitrogens with zero attached hydrogens (tertiary/aromatic N) is 1. The molecule has 2 heterocycles. The zero-order valence-electron chi connectivity index (χ0n) is 12.7. The standard InChI is InChI=1S/C14H23BN2O2/c1-10-7-17-9-12(11(10)8-16-6)15-18-13(2,3)14(4,5)19-15/h7,9,16H,8H2,1-6H3. The van der Waals surface area contributed by atoms with Crippen LogP contribution in [0, 0.1) is 6.92 Å². The number of nitrogens with one attached hydrogen (secondary N) is 1. The topological polar surface area (TPSA) is 43.4 Å². The fourth-order valence-electron chi connectivity index (χ4n) is 2.20. The van der Waals surface area contributed by atoms with Crippen LogP contribution in [0.4, 0.5) is 0 Å². The van der Waals surface area contributed by atoms with Gasteiger partial charge in [0.15, 0.2) is 0 Å². The van der Waals surface area contributed by atoms with Crippen molar-refractivity contribution in [2.24, 2.45) is 0 Å². The van der Waals surface area contributed by atoms with Gasteiger partial charge >= 0.3 is 7.12 Å². The van der Waals surface area contributed by atoms with Gasteiger partial charge in [0, 0.05) is 24.4 Å². The Morgan fingerprint density at radius 3 is 2.26 bits per heavy atom. The van der Waals surface area contributed by atoms with Crippen molar-refractivity contribution >= 4 is 12.6 Å². The zero-order valence-corrected chi connectivity index (χ0v) is 12.7. The van der Waals surface area contributed by atoms with E-state index in [-0.39, 0.29) is 18.3 Å². The van der Waals surface area contributed by atoms with E-state index in [0.29, 0.717) is 0 Å². The fraction of sp³-hybridized carbons (Fsp3) is 0.643. The van der Waals surface area contributed by atoms with Gasteiger partial charge in [-0.05, 0) is 52.8 Å². The first-order valence-electron chi connectivity index (χ1n) is 6.72. The van der Waals surface area contributed by atoms with Crippen LogP contribution in [0.5, 0.6) is 0 Å². The Morgan fingerprint density at radius 2 is 1.74 bits per heavy atom. The fourth-order valence-corrected chi connectivity index (χ4v) is 2.20. The molecule has 0 bridgehead atoms. The summed E-state index contributed by atoms with van der Waals surface area (Å²) in [6, 6.07) is 0. The summed E-state index contributed by atoms with van der Waals surface area (Å²) < 4.78 is 12.2. The third-order valence-electron chi connectivity index (χ3n) is 4.17. The van der Waals surface area contributed by atoms with Gasteiger partial charge in [0.25, 0.3) is 0 Å². The van der Waals surface area contributed by atoms with E-state index < -0.39 is 0 Å². The highest BCUT2D eigenvalue weighted by Crippen LogP contribution is 2.36. The van der Waals surface area contributed by atoms with Gasteiger partial charge in [0.05, 0.1) is 11.2 Å². The number of aryl methyl sites for hydroxylation is 1. The molecule has 1 aliphatic heterocycles. The SMILES string of the molecule is CNCc1c(C)cncc1B1OC(C)(C)C(C)(C)O1. The predicted octanol–water partition coefficient (Wildman–Crippen LogP) is 1.41. The molecule has 0 saturated carbocycles. The van der Waals surface area contributed by atoms with Crippen molar-refractivity contribution in [3.63, 3.8) is 0 Å². The van der Waals surface area contributed by atoms with Crippen molar-refractivity contribution in [2.75, 3.05) is 7.05 Å². The second kappa shape index (κ2) is 4.89. The molecule has 5 heteroatoms. The molecule has 0 amide bonds. The van der Waals surface area contributed by atoms with Crippen molar-refractivity contribution in [1.29, 1.82) is 0 Å². The molecule has 1 fully saturated rings. The minimum atomic E-state index is -0.347. The van der Waals surface area contributed by atoms with Crippen molar-refractivity contribution in [1.82, 2.24) is 10.3 Å². The Hall–Kier alpha value is -0.905. The highest BCUT2D eigenvalue weighted by molar-refractivity contribution is 6.62. The Kier molecular flexibility index (Phi) is 3.73. The third kappa shape index (κ3) is 2.55. The van der Waals surface area contributed by atoms with Crippen LogP contribution in [0.2, 0.25) is 0 Å². The molecule has 0 atom stereocenters. The summed E-state index contributed by atoms with van der Waals surface area (Å²) in [6.45, 7) is 11.1.